The Morgan fingerprint density at radius 1 is 1.11 bits per heavy atom. The van der Waals surface area contributed by atoms with Crippen molar-refractivity contribution in [2.75, 3.05) is 33.2 Å². The van der Waals surface area contributed by atoms with Crippen LogP contribution in [0.1, 0.15) is 29.7 Å². The van der Waals surface area contributed by atoms with E-state index in [4.69, 9.17) is 0 Å². The van der Waals surface area contributed by atoms with E-state index in [1.54, 1.807) is 0 Å². The molecule has 1 saturated heterocycles. The van der Waals surface area contributed by atoms with E-state index in [9.17, 15) is 0 Å². The second-order valence-corrected chi connectivity index (χ2v) is 5.50. The van der Waals surface area contributed by atoms with Crippen LogP contribution in [-0.2, 0) is 0 Å². The number of hydrazine groups is 1. The average molecular weight is 247 g/mol. The zero-order valence-corrected chi connectivity index (χ0v) is 12.0. The van der Waals surface area contributed by atoms with Crippen molar-refractivity contribution in [1.82, 2.24) is 15.3 Å². The van der Waals surface area contributed by atoms with Gasteiger partial charge in [-0.1, -0.05) is 23.8 Å². The molecule has 18 heavy (non-hydrogen) atoms. The topological polar surface area (TPSA) is 18.5 Å². The molecule has 100 valence electrons. The van der Waals surface area contributed by atoms with Crippen LogP contribution in [0.3, 0.4) is 0 Å². The summed E-state index contributed by atoms with van der Waals surface area (Å²) in [5.74, 6) is 0. The predicted molar refractivity (Wildman–Crippen MR) is 76.5 cm³/mol. The molecule has 1 fully saturated rings. The third kappa shape index (κ3) is 3.31. The van der Waals surface area contributed by atoms with Crippen LogP contribution in [0.15, 0.2) is 18.2 Å². The molecule has 1 unspecified atom stereocenters. The summed E-state index contributed by atoms with van der Waals surface area (Å²) < 4.78 is 0. The van der Waals surface area contributed by atoms with Gasteiger partial charge in [-0.15, -0.1) is 0 Å². The largest absolute Gasteiger partial charge is 0.304 e. The highest BCUT2D eigenvalue weighted by Crippen LogP contribution is 2.19. The number of rotatable bonds is 3. The maximum absolute atomic E-state index is 3.63. The van der Waals surface area contributed by atoms with Crippen molar-refractivity contribution in [2.45, 2.75) is 26.8 Å². The van der Waals surface area contributed by atoms with E-state index in [-0.39, 0.29) is 0 Å². The molecule has 0 aliphatic carbocycles. The molecule has 0 saturated carbocycles. The molecule has 1 aromatic rings. The predicted octanol–water partition coefficient (Wildman–Crippen LogP) is 2.12. The lowest BCUT2D eigenvalue weighted by molar-refractivity contribution is 0.0898. The summed E-state index contributed by atoms with van der Waals surface area (Å²) in [6.45, 7) is 11.1. The molecule has 1 heterocycles. The number of hydrogen-bond donors (Lipinski definition) is 1. The highest BCUT2D eigenvalue weighted by Gasteiger charge is 2.17. The molecular formula is C15H25N3. The fraction of sp³-hybridized carbons (Fsp3) is 0.600. The van der Waals surface area contributed by atoms with Gasteiger partial charge in [-0.25, -0.2) is 10.4 Å². The lowest BCUT2D eigenvalue weighted by atomic mass is 10.0. The number of aryl methyl sites for hydroxylation is 2. The Labute approximate surface area is 111 Å². The van der Waals surface area contributed by atoms with Crippen LogP contribution in [-0.4, -0.2) is 43.1 Å². The summed E-state index contributed by atoms with van der Waals surface area (Å²) in [7, 11) is 2.19. The van der Waals surface area contributed by atoms with Gasteiger partial charge < -0.3 is 4.90 Å². The van der Waals surface area contributed by atoms with Crippen molar-refractivity contribution in [1.29, 1.82) is 0 Å². The van der Waals surface area contributed by atoms with Gasteiger partial charge in [-0.3, -0.25) is 0 Å². The molecule has 1 aliphatic heterocycles. The maximum Gasteiger partial charge on any atom is 0.0439 e. The van der Waals surface area contributed by atoms with Crippen LogP contribution in [0.25, 0.3) is 0 Å². The molecular weight excluding hydrogens is 222 g/mol. The molecule has 0 aromatic heterocycles. The van der Waals surface area contributed by atoms with Gasteiger partial charge in [0.05, 0.1) is 0 Å². The number of nitrogens with one attached hydrogen (secondary N) is 1. The van der Waals surface area contributed by atoms with Gasteiger partial charge in [0.15, 0.2) is 0 Å². The first-order valence-electron chi connectivity index (χ1n) is 6.83. The Morgan fingerprint density at radius 3 is 2.44 bits per heavy atom. The van der Waals surface area contributed by atoms with Crippen molar-refractivity contribution in [3.63, 3.8) is 0 Å². The summed E-state index contributed by atoms with van der Waals surface area (Å²) in [5.41, 5.74) is 7.75. The molecule has 1 N–H and O–H groups in total. The monoisotopic (exact) mass is 247 g/mol. The van der Waals surface area contributed by atoms with Crippen molar-refractivity contribution < 1.29 is 0 Å². The van der Waals surface area contributed by atoms with E-state index in [1.807, 2.05) is 0 Å². The minimum Gasteiger partial charge on any atom is -0.304 e. The van der Waals surface area contributed by atoms with Gasteiger partial charge in [0.2, 0.25) is 0 Å². The highest BCUT2D eigenvalue weighted by atomic mass is 15.5. The van der Waals surface area contributed by atoms with Crippen LogP contribution in [0.2, 0.25) is 0 Å². The third-order valence-electron chi connectivity index (χ3n) is 3.78. The molecule has 2 rings (SSSR count). The molecule has 1 aliphatic rings. The lowest BCUT2D eigenvalue weighted by Crippen LogP contribution is -2.51. The van der Waals surface area contributed by atoms with E-state index in [0.29, 0.717) is 6.04 Å². The van der Waals surface area contributed by atoms with Crippen molar-refractivity contribution in [3.05, 3.63) is 34.9 Å². The van der Waals surface area contributed by atoms with Crippen molar-refractivity contribution in [3.8, 4) is 0 Å². The SMILES string of the molecule is Cc1ccc(C)c(C(C)NN2CCN(C)CC2)c1. The Balaban J connectivity index is 1.98. The minimum atomic E-state index is 0.383. The van der Waals surface area contributed by atoms with Gasteiger partial charge in [0.25, 0.3) is 0 Å². The van der Waals surface area contributed by atoms with Crippen molar-refractivity contribution in [2.24, 2.45) is 0 Å². The smallest absolute Gasteiger partial charge is 0.0439 e. The van der Waals surface area contributed by atoms with Gasteiger partial charge >= 0.3 is 0 Å². The number of hydrogen-bond acceptors (Lipinski definition) is 3. The molecule has 1 atom stereocenters. The van der Waals surface area contributed by atoms with Gasteiger partial charge in [0, 0.05) is 32.2 Å². The first-order valence-corrected chi connectivity index (χ1v) is 6.83. The molecule has 0 amide bonds. The zero-order valence-electron chi connectivity index (χ0n) is 12.0. The average Bonchev–Trinajstić information content (AvgIpc) is 2.35. The van der Waals surface area contributed by atoms with Gasteiger partial charge in [-0.2, -0.15) is 0 Å². The van der Waals surface area contributed by atoms with E-state index < -0.39 is 0 Å². The molecule has 0 spiro atoms. The summed E-state index contributed by atoms with van der Waals surface area (Å²) in [4.78, 5) is 2.38. The van der Waals surface area contributed by atoms with E-state index in [1.165, 1.54) is 16.7 Å². The Hall–Kier alpha value is -0.900. The number of nitrogens with zero attached hydrogens (tertiary/aromatic N) is 2. The number of benzene rings is 1. The minimum absolute atomic E-state index is 0.383. The number of likely N-dealkylation sites (N-methyl/N-ethyl adjacent to an activating group) is 1. The lowest BCUT2D eigenvalue weighted by Gasteiger charge is -2.35. The normalized spacial score (nSPS) is 20.0. The molecule has 3 heteroatoms. The molecule has 0 radical (unpaired) electrons. The molecule has 0 bridgehead atoms. The van der Waals surface area contributed by atoms with Crippen LogP contribution in [0.4, 0.5) is 0 Å². The van der Waals surface area contributed by atoms with E-state index in [0.717, 1.165) is 26.2 Å². The second-order valence-electron chi connectivity index (χ2n) is 5.50. The molecule has 1 aromatic carbocycles. The fourth-order valence-corrected chi connectivity index (χ4v) is 2.51. The van der Waals surface area contributed by atoms with E-state index in [2.05, 4.69) is 61.4 Å². The number of piperazine rings is 1. The van der Waals surface area contributed by atoms with Crippen LogP contribution < -0.4 is 5.43 Å². The van der Waals surface area contributed by atoms with Gasteiger partial charge in [0.1, 0.15) is 0 Å². The standard InChI is InChI=1S/C15H25N3/c1-12-5-6-13(2)15(11-12)14(3)16-18-9-7-17(4)8-10-18/h5-6,11,14,16H,7-10H2,1-4H3. The van der Waals surface area contributed by atoms with Crippen molar-refractivity contribution >= 4 is 0 Å². The zero-order chi connectivity index (χ0) is 13.1. The third-order valence-corrected chi connectivity index (χ3v) is 3.78. The summed E-state index contributed by atoms with van der Waals surface area (Å²) in [6, 6.07) is 7.07. The summed E-state index contributed by atoms with van der Waals surface area (Å²) >= 11 is 0. The fourth-order valence-electron chi connectivity index (χ4n) is 2.51. The Bertz CT molecular complexity index is 395. The van der Waals surface area contributed by atoms with E-state index >= 15 is 0 Å². The Kier molecular flexibility index (Phi) is 4.38. The second kappa shape index (κ2) is 5.83. The maximum atomic E-state index is 3.63. The van der Waals surface area contributed by atoms with Gasteiger partial charge in [-0.05, 0) is 38.9 Å². The summed E-state index contributed by atoms with van der Waals surface area (Å²) in [5, 5.41) is 2.35. The molecule has 3 nitrogen and oxygen atoms in total. The van der Waals surface area contributed by atoms with Crippen LogP contribution in [0, 0.1) is 13.8 Å². The highest BCUT2D eigenvalue weighted by molar-refractivity contribution is 5.32. The van der Waals surface area contributed by atoms with Crippen LogP contribution in [0.5, 0.6) is 0 Å². The summed E-state index contributed by atoms with van der Waals surface area (Å²) in [6.07, 6.45) is 0. The van der Waals surface area contributed by atoms with Crippen LogP contribution >= 0.6 is 0 Å². The Morgan fingerprint density at radius 2 is 1.78 bits per heavy atom. The first kappa shape index (κ1) is 13.5. The first-order chi connectivity index (χ1) is 8.56. The quantitative estimate of drug-likeness (QED) is 0.882.